The Morgan fingerprint density at radius 3 is 2.52 bits per heavy atom. The van der Waals surface area contributed by atoms with Crippen LogP contribution in [0.5, 0.6) is 11.5 Å². The molecule has 0 saturated carbocycles. The lowest BCUT2D eigenvalue weighted by atomic mass is 10.1. The number of carbonyl (C=O) groups excluding carboxylic acids is 1. The molecule has 23 heavy (non-hydrogen) atoms. The van der Waals surface area contributed by atoms with Crippen LogP contribution in [0.3, 0.4) is 0 Å². The molecule has 0 aliphatic carbocycles. The summed E-state index contributed by atoms with van der Waals surface area (Å²) in [6.07, 6.45) is 2.20. The zero-order chi connectivity index (χ0) is 16.2. The van der Waals surface area contributed by atoms with Gasteiger partial charge in [-0.3, -0.25) is 9.69 Å². The predicted molar refractivity (Wildman–Crippen MR) is 89.3 cm³/mol. The molecule has 126 valence electrons. The molecule has 2 aliphatic heterocycles. The third-order valence-corrected chi connectivity index (χ3v) is 4.59. The van der Waals surface area contributed by atoms with E-state index in [9.17, 15) is 4.79 Å². The van der Waals surface area contributed by atoms with Gasteiger partial charge in [0.1, 0.15) is 13.2 Å². The Balaban J connectivity index is 1.71. The first kappa shape index (κ1) is 16.1. The van der Waals surface area contributed by atoms with Gasteiger partial charge in [-0.25, -0.2) is 0 Å². The third kappa shape index (κ3) is 3.78. The topological polar surface area (TPSA) is 42.0 Å². The number of hydrogen-bond donors (Lipinski definition) is 0. The molecule has 5 heteroatoms. The van der Waals surface area contributed by atoms with Gasteiger partial charge in [0, 0.05) is 31.2 Å². The summed E-state index contributed by atoms with van der Waals surface area (Å²) in [6.45, 7) is 9.22. The second-order valence-electron chi connectivity index (χ2n) is 6.49. The van der Waals surface area contributed by atoms with Crippen LogP contribution < -0.4 is 9.47 Å². The summed E-state index contributed by atoms with van der Waals surface area (Å²) >= 11 is 0. The molecule has 2 aliphatic rings. The van der Waals surface area contributed by atoms with E-state index in [1.54, 1.807) is 0 Å². The van der Waals surface area contributed by atoms with Gasteiger partial charge in [0.2, 0.25) is 0 Å². The van der Waals surface area contributed by atoms with Crippen molar-refractivity contribution in [2.45, 2.75) is 32.7 Å². The Bertz CT molecular complexity index is 559. The van der Waals surface area contributed by atoms with Gasteiger partial charge in [-0.1, -0.05) is 0 Å². The quantitative estimate of drug-likeness (QED) is 0.840. The number of carbonyl (C=O) groups is 1. The maximum atomic E-state index is 12.8. The predicted octanol–water partition coefficient (Wildman–Crippen LogP) is 2.40. The highest BCUT2D eigenvalue weighted by molar-refractivity contribution is 5.95. The third-order valence-electron chi connectivity index (χ3n) is 4.59. The van der Waals surface area contributed by atoms with Crippen molar-refractivity contribution in [2.75, 3.05) is 39.4 Å². The summed E-state index contributed by atoms with van der Waals surface area (Å²) in [4.78, 5) is 17.3. The van der Waals surface area contributed by atoms with Crippen LogP contribution in [-0.4, -0.2) is 61.1 Å². The van der Waals surface area contributed by atoms with Crippen LogP contribution >= 0.6 is 0 Å². The number of fused-ring (bicyclic) bond motifs is 1. The zero-order valence-corrected chi connectivity index (χ0v) is 14.1. The van der Waals surface area contributed by atoms with Crippen molar-refractivity contribution in [2.24, 2.45) is 0 Å². The largest absolute Gasteiger partial charge is 0.486 e. The molecular weight excluding hydrogens is 292 g/mol. The van der Waals surface area contributed by atoms with Crippen molar-refractivity contribution in [3.05, 3.63) is 23.8 Å². The van der Waals surface area contributed by atoms with E-state index < -0.39 is 0 Å². The van der Waals surface area contributed by atoms with Crippen molar-refractivity contribution >= 4 is 5.91 Å². The fourth-order valence-electron chi connectivity index (χ4n) is 3.17. The van der Waals surface area contributed by atoms with E-state index in [0.717, 1.165) is 44.8 Å². The molecule has 2 heterocycles. The molecule has 0 N–H and O–H groups in total. The molecule has 1 aromatic carbocycles. The molecular formula is C18H26N2O3. The summed E-state index contributed by atoms with van der Waals surface area (Å²) in [5.41, 5.74) is 0.686. The Kier molecular flexibility index (Phi) is 5.06. The fourth-order valence-corrected chi connectivity index (χ4v) is 3.17. The van der Waals surface area contributed by atoms with Crippen molar-refractivity contribution in [1.82, 2.24) is 9.80 Å². The smallest absolute Gasteiger partial charge is 0.254 e. The summed E-state index contributed by atoms with van der Waals surface area (Å²) in [5.74, 6) is 1.50. The second-order valence-corrected chi connectivity index (χ2v) is 6.49. The highest BCUT2D eigenvalue weighted by atomic mass is 16.6. The molecule has 0 atom stereocenters. The lowest BCUT2D eigenvalue weighted by Crippen LogP contribution is -2.44. The maximum absolute atomic E-state index is 12.8. The minimum absolute atomic E-state index is 0.0904. The van der Waals surface area contributed by atoms with Crippen LogP contribution in [0.4, 0.5) is 0 Å². The Labute approximate surface area is 138 Å². The average molecular weight is 318 g/mol. The standard InChI is InChI=1S/C18H26N2O3/c1-14(2)19-7-3-4-8-20(10-9-19)18(21)15-5-6-16-17(13-15)23-12-11-22-16/h5-6,13-14H,3-4,7-12H2,1-2H3. The van der Waals surface area contributed by atoms with Crippen LogP contribution in [0.2, 0.25) is 0 Å². The number of benzene rings is 1. The first-order chi connectivity index (χ1) is 11.1. The Hall–Kier alpha value is -1.75. The Morgan fingerprint density at radius 1 is 1.00 bits per heavy atom. The molecule has 0 unspecified atom stereocenters. The van der Waals surface area contributed by atoms with E-state index in [4.69, 9.17) is 9.47 Å². The molecule has 5 nitrogen and oxygen atoms in total. The van der Waals surface area contributed by atoms with E-state index >= 15 is 0 Å². The van der Waals surface area contributed by atoms with Crippen molar-refractivity contribution in [1.29, 1.82) is 0 Å². The van der Waals surface area contributed by atoms with Crippen molar-refractivity contribution in [3.8, 4) is 11.5 Å². The highest BCUT2D eigenvalue weighted by Gasteiger charge is 2.22. The first-order valence-corrected chi connectivity index (χ1v) is 8.58. The summed E-state index contributed by atoms with van der Waals surface area (Å²) < 4.78 is 11.1. The van der Waals surface area contributed by atoms with Crippen LogP contribution in [0.1, 0.15) is 37.0 Å². The summed E-state index contributed by atoms with van der Waals surface area (Å²) in [6, 6.07) is 6.02. The zero-order valence-electron chi connectivity index (χ0n) is 14.1. The van der Waals surface area contributed by atoms with Gasteiger partial charge in [-0.2, -0.15) is 0 Å². The fraction of sp³-hybridized carbons (Fsp3) is 0.611. The maximum Gasteiger partial charge on any atom is 0.254 e. The van der Waals surface area contributed by atoms with E-state index in [0.29, 0.717) is 30.6 Å². The van der Waals surface area contributed by atoms with Crippen molar-refractivity contribution < 1.29 is 14.3 Å². The number of ether oxygens (including phenoxy) is 2. The number of amides is 1. The first-order valence-electron chi connectivity index (χ1n) is 8.58. The van der Waals surface area contributed by atoms with Gasteiger partial charge in [0.15, 0.2) is 11.5 Å². The van der Waals surface area contributed by atoms with Crippen LogP contribution in [0, 0.1) is 0 Å². The molecule has 0 bridgehead atoms. The van der Waals surface area contributed by atoms with Gasteiger partial charge < -0.3 is 14.4 Å². The minimum atomic E-state index is 0.0904. The van der Waals surface area contributed by atoms with E-state index in [1.807, 2.05) is 23.1 Å². The molecule has 1 saturated heterocycles. The van der Waals surface area contributed by atoms with Gasteiger partial charge in [-0.05, 0) is 51.4 Å². The van der Waals surface area contributed by atoms with E-state index in [2.05, 4.69) is 18.7 Å². The molecule has 1 amide bonds. The molecule has 0 aromatic heterocycles. The molecule has 1 fully saturated rings. The summed E-state index contributed by atoms with van der Waals surface area (Å²) in [5, 5.41) is 0. The number of rotatable bonds is 2. The summed E-state index contributed by atoms with van der Waals surface area (Å²) in [7, 11) is 0. The van der Waals surface area contributed by atoms with Crippen LogP contribution in [0.15, 0.2) is 18.2 Å². The average Bonchev–Trinajstić information content (AvgIpc) is 2.53. The van der Waals surface area contributed by atoms with E-state index in [-0.39, 0.29) is 5.91 Å². The lowest BCUT2D eigenvalue weighted by molar-refractivity contribution is 0.0692. The number of nitrogens with zero attached hydrogens (tertiary/aromatic N) is 2. The number of hydrogen-bond acceptors (Lipinski definition) is 4. The van der Waals surface area contributed by atoms with Crippen molar-refractivity contribution in [3.63, 3.8) is 0 Å². The van der Waals surface area contributed by atoms with Gasteiger partial charge in [-0.15, -0.1) is 0 Å². The Morgan fingerprint density at radius 2 is 1.74 bits per heavy atom. The van der Waals surface area contributed by atoms with Crippen LogP contribution in [0.25, 0.3) is 0 Å². The molecule has 3 rings (SSSR count). The normalized spacial score (nSPS) is 19.3. The molecule has 1 aromatic rings. The van der Waals surface area contributed by atoms with Gasteiger partial charge >= 0.3 is 0 Å². The minimum Gasteiger partial charge on any atom is -0.486 e. The SMILES string of the molecule is CC(C)N1CCCCN(C(=O)c2ccc3c(c2)OCCO3)CC1. The second kappa shape index (κ2) is 7.21. The monoisotopic (exact) mass is 318 g/mol. The highest BCUT2D eigenvalue weighted by Crippen LogP contribution is 2.31. The van der Waals surface area contributed by atoms with E-state index in [1.165, 1.54) is 0 Å². The van der Waals surface area contributed by atoms with Gasteiger partial charge in [0.05, 0.1) is 0 Å². The van der Waals surface area contributed by atoms with Gasteiger partial charge in [0.25, 0.3) is 5.91 Å². The lowest BCUT2D eigenvalue weighted by Gasteiger charge is -2.33. The van der Waals surface area contributed by atoms with Crippen LogP contribution in [-0.2, 0) is 0 Å². The molecule has 0 radical (unpaired) electrons. The molecule has 0 spiro atoms.